The number of benzene rings is 2. The normalized spacial score (nSPS) is 16.7. The maximum absolute atomic E-state index is 12.9. The SMILES string of the molecule is O=C(CCCN1CCC(O)(C(=O)c2cccc(C(F)(F)F)c2)CC1)c1ccc(Cl)cc1Cl. The van der Waals surface area contributed by atoms with Crippen LogP contribution in [0.5, 0.6) is 0 Å². The molecule has 1 aliphatic rings. The van der Waals surface area contributed by atoms with E-state index in [1.807, 2.05) is 4.90 Å². The highest BCUT2D eigenvalue weighted by Crippen LogP contribution is 2.32. The van der Waals surface area contributed by atoms with Crippen LogP contribution in [-0.2, 0) is 6.18 Å². The maximum Gasteiger partial charge on any atom is 0.416 e. The van der Waals surface area contributed by atoms with Gasteiger partial charge >= 0.3 is 6.18 Å². The third kappa shape index (κ3) is 5.90. The highest BCUT2D eigenvalue weighted by molar-refractivity contribution is 6.36. The number of nitrogens with zero attached hydrogens (tertiary/aromatic N) is 1. The molecule has 0 saturated carbocycles. The summed E-state index contributed by atoms with van der Waals surface area (Å²) in [6.07, 6.45) is -3.49. The van der Waals surface area contributed by atoms with E-state index < -0.39 is 23.1 Å². The Morgan fingerprint density at radius 3 is 2.38 bits per heavy atom. The molecule has 0 aromatic heterocycles. The molecule has 3 rings (SSSR count). The summed E-state index contributed by atoms with van der Waals surface area (Å²) < 4.78 is 38.8. The number of rotatable bonds is 7. The Balaban J connectivity index is 1.52. The van der Waals surface area contributed by atoms with Crippen LogP contribution in [0.25, 0.3) is 0 Å². The summed E-state index contributed by atoms with van der Waals surface area (Å²) >= 11 is 11.9. The van der Waals surface area contributed by atoms with Gasteiger partial charge in [-0.1, -0.05) is 35.3 Å². The summed E-state index contributed by atoms with van der Waals surface area (Å²) in [5.74, 6) is -0.796. The quantitative estimate of drug-likeness (QED) is 0.510. The van der Waals surface area contributed by atoms with Gasteiger partial charge in [0.05, 0.1) is 10.6 Å². The van der Waals surface area contributed by atoms with Crippen molar-refractivity contribution in [2.75, 3.05) is 19.6 Å². The second-order valence-corrected chi connectivity index (χ2v) is 8.78. The molecule has 0 bridgehead atoms. The van der Waals surface area contributed by atoms with Gasteiger partial charge in [-0.25, -0.2) is 0 Å². The summed E-state index contributed by atoms with van der Waals surface area (Å²) in [4.78, 5) is 27.1. The van der Waals surface area contributed by atoms with Gasteiger partial charge in [0.2, 0.25) is 0 Å². The van der Waals surface area contributed by atoms with Crippen LogP contribution >= 0.6 is 23.2 Å². The zero-order chi connectivity index (χ0) is 23.5. The molecule has 9 heteroatoms. The van der Waals surface area contributed by atoms with Gasteiger partial charge in [-0.15, -0.1) is 0 Å². The predicted octanol–water partition coefficient (Wildman–Crippen LogP) is 5.68. The van der Waals surface area contributed by atoms with Crippen LogP contribution in [0.1, 0.15) is 52.0 Å². The maximum atomic E-state index is 12.9. The zero-order valence-electron chi connectivity index (χ0n) is 17.1. The Bertz CT molecular complexity index is 1000. The van der Waals surface area contributed by atoms with E-state index in [4.69, 9.17) is 23.2 Å². The van der Waals surface area contributed by atoms with Crippen molar-refractivity contribution in [1.29, 1.82) is 0 Å². The lowest BCUT2D eigenvalue weighted by molar-refractivity contribution is -0.137. The number of carbonyl (C=O) groups excluding carboxylic acids is 2. The van der Waals surface area contributed by atoms with Crippen LogP contribution in [0.3, 0.4) is 0 Å². The van der Waals surface area contributed by atoms with Crippen LogP contribution in [0, 0.1) is 0 Å². The van der Waals surface area contributed by atoms with E-state index in [2.05, 4.69) is 0 Å². The fourth-order valence-electron chi connectivity index (χ4n) is 3.79. The predicted molar refractivity (Wildman–Crippen MR) is 116 cm³/mol. The molecule has 4 nitrogen and oxygen atoms in total. The molecule has 0 spiro atoms. The Kier molecular flexibility index (Phi) is 7.65. The second kappa shape index (κ2) is 9.91. The van der Waals surface area contributed by atoms with E-state index in [-0.39, 0.29) is 30.6 Å². The minimum Gasteiger partial charge on any atom is -0.382 e. The number of aliphatic hydroxyl groups is 1. The molecular formula is C23H22Cl2F3NO3. The van der Waals surface area contributed by atoms with Crippen molar-refractivity contribution >= 4 is 34.8 Å². The average Bonchev–Trinajstić information content (AvgIpc) is 2.74. The van der Waals surface area contributed by atoms with E-state index in [0.717, 1.165) is 12.1 Å². The minimum absolute atomic E-state index is 0.0973. The van der Waals surface area contributed by atoms with Crippen molar-refractivity contribution in [2.24, 2.45) is 0 Å². The Hall–Kier alpha value is -1.93. The van der Waals surface area contributed by atoms with Crippen molar-refractivity contribution in [3.63, 3.8) is 0 Å². The average molecular weight is 488 g/mol. The van der Waals surface area contributed by atoms with Crippen molar-refractivity contribution in [2.45, 2.75) is 37.5 Å². The zero-order valence-corrected chi connectivity index (χ0v) is 18.6. The largest absolute Gasteiger partial charge is 0.416 e. The molecule has 1 aliphatic heterocycles. The summed E-state index contributed by atoms with van der Waals surface area (Å²) in [6, 6.07) is 8.83. The van der Waals surface area contributed by atoms with Crippen LogP contribution in [0.15, 0.2) is 42.5 Å². The number of hydrogen-bond donors (Lipinski definition) is 1. The van der Waals surface area contributed by atoms with Gasteiger partial charge in [0, 0.05) is 35.7 Å². The van der Waals surface area contributed by atoms with E-state index in [1.54, 1.807) is 12.1 Å². The number of ketones is 2. The highest BCUT2D eigenvalue weighted by Gasteiger charge is 2.40. The fraction of sp³-hybridized carbons (Fsp3) is 0.391. The molecule has 2 aromatic rings. The van der Waals surface area contributed by atoms with Crippen LogP contribution < -0.4 is 0 Å². The monoisotopic (exact) mass is 487 g/mol. The molecule has 1 saturated heterocycles. The van der Waals surface area contributed by atoms with Gasteiger partial charge in [0.25, 0.3) is 0 Å². The molecule has 1 fully saturated rings. The Morgan fingerprint density at radius 2 is 1.75 bits per heavy atom. The number of carbonyl (C=O) groups is 2. The van der Waals surface area contributed by atoms with Gasteiger partial charge in [0.15, 0.2) is 11.6 Å². The second-order valence-electron chi connectivity index (χ2n) is 7.93. The molecule has 0 atom stereocenters. The molecule has 0 radical (unpaired) electrons. The minimum atomic E-state index is -4.56. The first-order valence-electron chi connectivity index (χ1n) is 10.1. The molecule has 0 unspecified atom stereocenters. The van der Waals surface area contributed by atoms with E-state index in [0.29, 0.717) is 41.7 Å². The number of hydrogen-bond acceptors (Lipinski definition) is 4. The standard InChI is InChI=1S/C23H22Cl2F3NO3/c24-17-6-7-18(19(25)14-17)20(30)5-2-10-29-11-8-22(32,9-12-29)21(31)15-3-1-4-16(13-15)23(26,27)28/h1,3-4,6-7,13-14,32H,2,5,8-12H2. The lowest BCUT2D eigenvalue weighted by atomic mass is 9.83. The molecule has 1 N–H and O–H groups in total. The number of likely N-dealkylation sites (tertiary alicyclic amines) is 1. The van der Waals surface area contributed by atoms with Gasteiger partial charge in [0.1, 0.15) is 5.60 Å². The molecule has 0 aliphatic carbocycles. The van der Waals surface area contributed by atoms with Gasteiger partial charge in [-0.2, -0.15) is 13.2 Å². The smallest absolute Gasteiger partial charge is 0.382 e. The summed E-state index contributed by atoms with van der Waals surface area (Å²) in [5.41, 5.74) is -2.36. The van der Waals surface area contributed by atoms with Crippen molar-refractivity contribution < 1.29 is 27.9 Å². The summed E-state index contributed by atoms with van der Waals surface area (Å²) in [6.45, 7) is 1.39. The fourth-order valence-corrected chi connectivity index (χ4v) is 4.31. The highest BCUT2D eigenvalue weighted by atomic mass is 35.5. The third-order valence-electron chi connectivity index (χ3n) is 5.67. The molecule has 32 heavy (non-hydrogen) atoms. The summed E-state index contributed by atoms with van der Waals surface area (Å²) in [5, 5.41) is 11.5. The third-order valence-corrected chi connectivity index (χ3v) is 6.22. The van der Waals surface area contributed by atoms with Gasteiger partial charge in [-0.3, -0.25) is 9.59 Å². The Morgan fingerprint density at radius 1 is 1.06 bits per heavy atom. The van der Waals surface area contributed by atoms with Crippen molar-refractivity contribution in [3.05, 3.63) is 69.2 Å². The van der Waals surface area contributed by atoms with Gasteiger partial charge in [-0.05, 0) is 56.1 Å². The lowest BCUT2D eigenvalue weighted by Crippen LogP contribution is -2.49. The van der Waals surface area contributed by atoms with Crippen LogP contribution in [0.4, 0.5) is 13.2 Å². The van der Waals surface area contributed by atoms with Crippen LogP contribution in [-0.4, -0.2) is 46.8 Å². The first-order valence-corrected chi connectivity index (χ1v) is 10.9. The van der Waals surface area contributed by atoms with Crippen LogP contribution in [0.2, 0.25) is 10.0 Å². The van der Waals surface area contributed by atoms with E-state index >= 15 is 0 Å². The topological polar surface area (TPSA) is 57.6 Å². The number of halogens is 5. The molecule has 0 amide bonds. The molecule has 1 heterocycles. The lowest BCUT2D eigenvalue weighted by Gasteiger charge is -2.37. The number of Topliss-reactive ketones (excluding diaryl/α,β-unsaturated/α-hetero) is 2. The molecular weight excluding hydrogens is 466 g/mol. The first kappa shape index (κ1) is 24.7. The van der Waals surface area contributed by atoms with Gasteiger partial charge < -0.3 is 10.0 Å². The van der Waals surface area contributed by atoms with E-state index in [9.17, 15) is 27.9 Å². The van der Waals surface area contributed by atoms with Crippen molar-refractivity contribution in [1.82, 2.24) is 4.90 Å². The Labute approximate surface area is 193 Å². The van der Waals surface area contributed by atoms with Crippen molar-refractivity contribution in [3.8, 4) is 0 Å². The molecule has 172 valence electrons. The number of alkyl halides is 3. The molecule has 2 aromatic carbocycles. The summed E-state index contributed by atoms with van der Waals surface area (Å²) in [7, 11) is 0. The van der Waals surface area contributed by atoms with E-state index in [1.165, 1.54) is 18.2 Å². The first-order chi connectivity index (χ1) is 15.0. The number of piperidine rings is 1.